The summed E-state index contributed by atoms with van der Waals surface area (Å²) < 4.78 is 0. The van der Waals surface area contributed by atoms with Crippen molar-refractivity contribution in [3.05, 3.63) is 0 Å². The molecule has 0 aromatic carbocycles. The van der Waals surface area contributed by atoms with Crippen LogP contribution in [0.5, 0.6) is 0 Å². The van der Waals surface area contributed by atoms with E-state index in [1.807, 2.05) is 0 Å². The quantitative estimate of drug-likeness (QED) is 0.349. The van der Waals surface area contributed by atoms with Gasteiger partial charge in [0, 0.05) is 6.42 Å². The lowest BCUT2D eigenvalue weighted by molar-refractivity contribution is 0.0107. The van der Waals surface area contributed by atoms with Crippen LogP contribution in [0, 0.1) is 11.8 Å². The minimum absolute atomic E-state index is 0.769. The molecule has 58 valence electrons. The average molecular weight is 142 g/mol. The normalized spacial score (nSPS) is 9.20. The Hall–Kier alpha value is -0.520. The summed E-state index contributed by atoms with van der Waals surface area (Å²) in [5.41, 5.74) is 0. The number of hydrogen-bond acceptors (Lipinski definition) is 2. The van der Waals surface area contributed by atoms with Crippen LogP contribution >= 0.6 is 0 Å². The predicted molar refractivity (Wildman–Crippen MR) is 40.1 cm³/mol. The predicted octanol–water partition coefficient (Wildman–Crippen LogP) is 0.881. The third-order valence-corrected chi connectivity index (χ3v) is 1.14. The molecule has 2 heteroatoms. The highest BCUT2D eigenvalue weighted by atomic mass is 16.5. The molecule has 10 heavy (non-hydrogen) atoms. The van der Waals surface area contributed by atoms with Crippen molar-refractivity contribution in [1.29, 1.82) is 0 Å². The Morgan fingerprint density at radius 2 is 2.00 bits per heavy atom. The number of aliphatic hydroxyl groups is 2. The zero-order valence-corrected chi connectivity index (χ0v) is 6.30. The van der Waals surface area contributed by atoms with Crippen LogP contribution < -0.4 is 0 Å². The fraction of sp³-hybridized carbons (Fsp3) is 0.750. The molecule has 0 saturated carbocycles. The Kier molecular flexibility index (Phi) is 6.25. The van der Waals surface area contributed by atoms with Gasteiger partial charge < -0.3 is 10.2 Å². The van der Waals surface area contributed by atoms with Gasteiger partial charge in [0.2, 0.25) is 6.29 Å². The number of aliphatic hydroxyl groups excluding tert-OH is 1. The number of unbranched alkanes of at least 4 members (excludes halogenated alkanes) is 3. The van der Waals surface area contributed by atoms with Crippen molar-refractivity contribution >= 4 is 0 Å². The first-order chi connectivity index (χ1) is 4.77. The molecule has 0 spiro atoms. The summed E-state index contributed by atoms with van der Waals surface area (Å²) in [6.45, 7) is 2.12. The van der Waals surface area contributed by atoms with Gasteiger partial charge in [-0.05, 0) is 12.3 Å². The van der Waals surface area contributed by atoms with Gasteiger partial charge in [0.15, 0.2) is 0 Å². The van der Waals surface area contributed by atoms with E-state index in [0.717, 1.165) is 19.3 Å². The maximum atomic E-state index is 8.29. The van der Waals surface area contributed by atoms with E-state index >= 15 is 0 Å². The Balaban J connectivity index is 3.12. The Labute approximate surface area is 61.9 Å². The van der Waals surface area contributed by atoms with E-state index in [2.05, 4.69) is 18.8 Å². The second-order valence-electron chi connectivity index (χ2n) is 2.15. The van der Waals surface area contributed by atoms with Crippen LogP contribution in [0.25, 0.3) is 0 Å². The molecule has 0 aliphatic heterocycles. The molecule has 0 saturated heterocycles. The van der Waals surface area contributed by atoms with Crippen molar-refractivity contribution in [3.63, 3.8) is 0 Å². The zero-order chi connectivity index (χ0) is 7.82. The Morgan fingerprint density at radius 1 is 1.30 bits per heavy atom. The summed E-state index contributed by atoms with van der Waals surface area (Å²) in [4.78, 5) is 0. The van der Waals surface area contributed by atoms with Crippen LogP contribution in [0.15, 0.2) is 0 Å². The van der Waals surface area contributed by atoms with Crippen molar-refractivity contribution in [2.75, 3.05) is 0 Å². The second-order valence-corrected chi connectivity index (χ2v) is 2.15. The van der Waals surface area contributed by atoms with E-state index in [4.69, 9.17) is 10.2 Å². The number of hydrogen-bond donors (Lipinski definition) is 2. The Bertz CT molecular complexity index is 119. The highest BCUT2D eigenvalue weighted by Crippen LogP contribution is 1.96. The van der Waals surface area contributed by atoms with Gasteiger partial charge in [0.05, 0.1) is 0 Å². The molecule has 0 amide bonds. The lowest BCUT2D eigenvalue weighted by atomic mass is 10.2. The molecular formula is C8H14O2. The van der Waals surface area contributed by atoms with Gasteiger partial charge in [0.25, 0.3) is 0 Å². The van der Waals surface area contributed by atoms with E-state index in [1.54, 1.807) is 0 Å². The molecule has 0 bridgehead atoms. The summed E-state index contributed by atoms with van der Waals surface area (Å²) in [5.74, 6) is 4.94. The molecule has 0 aliphatic carbocycles. The minimum Gasteiger partial charge on any atom is -0.358 e. The van der Waals surface area contributed by atoms with Crippen LogP contribution in [-0.2, 0) is 0 Å². The summed E-state index contributed by atoms with van der Waals surface area (Å²) in [6, 6.07) is 0. The van der Waals surface area contributed by atoms with Gasteiger partial charge in [-0.3, -0.25) is 0 Å². The van der Waals surface area contributed by atoms with Crippen LogP contribution in [-0.4, -0.2) is 16.5 Å². The molecule has 2 nitrogen and oxygen atoms in total. The summed E-state index contributed by atoms with van der Waals surface area (Å²) >= 11 is 0. The highest BCUT2D eigenvalue weighted by Gasteiger charge is 1.84. The Morgan fingerprint density at radius 3 is 2.50 bits per heavy atom. The molecule has 0 rings (SSSR count). The second kappa shape index (κ2) is 6.60. The molecule has 0 unspecified atom stereocenters. The van der Waals surface area contributed by atoms with Crippen LogP contribution in [0.4, 0.5) is 0 Å². The van der Waals surface area contributed by atoms with Gasteiger partial charge in [0.1, 0.15) is 0 Å². The van der Waals surface area contributed by atoms with E-state index in [-0.39, 0.29) is 0 Å². The SMILES string of the molecule is CCCCCC#CC(O)O. The fourth-order valence-electron chi connectivity index (χ4n) is 0.627. The van der Waals surface area contributed by atoms with Crippen molar-refractivity contribution in [2.45, 2.75) is 38.9 Å². The number of rotatable bonds is 3. The van der Waals surface area contributed by atoms with E-state index < -0.39 is 6.29 Å². The van der Waals surface area contributed by atoms with E-state index in [1.165, 1.54) is 6.42 Å². The molecule has 0 fully saturated rings. The average Bonchev–Trinajstić information content (AvgIpc) is 1.87. The molecule has 0 heterocycles. The molecule has 0 aliphatic rings. The topological polar surface area (TPSA) is 40.5 Å². The summed E-state index contributed by atoms with van der Waals surface area (Å²) in [7, 11) is 0. The van der Waals surface area contributed by atoms with Crippen molar-refractivity contribution in [3.8, 4) is 11.8 Å². The maximum Gasteiger partial charge on any atom is 0.217 e. The first kappa shape index (κ1) is 9.48. The molecule has 2 N–H and O–H groups in total. The van der Waals surface area contributed by atoms with Gasteiger partial charge in [-0.1, -0.05) is 25.7 Å². The first-order valence-electron chi connectivity index (χ1n) is 3.62. The van der Waals surface area contributed by atoms with Gasteiger partial charge >= 0.3 is 0 Å². The maximum absolute atomic E-state index is 8.29. The molecular weight excluding hydrogens is 128 g/mol. The van der Waals surface area contributed by atoms with Gasteiger partial charge in [-0.25, -0.2) is 0 Å². The summed E-state index contributed by atoms with van der Waals surface area (Å²) in [5, 5.41) is 16.6. The summed E-state index contributed by atoms with van der Waals surface area (Å²) in [6.07, 6.45) is 2.70. The van der Waals surface area contributed by atoms with Crippen LogP contribution in [0.3, 0.4) is 0 Å². The molecule has 0 atom stereocenters. The van der Waals surface area contributed by atoms with Crippen LogP contribution in [0.2, 0.25) is 0 Å². The van der Waals surface area contributed by atoms with Gasteiger partial charge in [-0.15, -0.1) is 0 Å². The highest BCUT2D eigenvalue weighted by molar-refractivity contribution is 5.00. The zero-order valence-electron chi connectivity index (χ0n) is 6.30. The standard InChI is InChI=1S/C8H14O2/c1-2-3-4-5-6-7-8(9)10/h8-10H,2-5H2,1H3. The molecule has 0 radical (unpaired) electrons. The van der Waals surface area contributed by atoms with Crippen molar-refractivity contribution in [1.82, 2.24) is 0 Å². The first-order valence-corrected chi connectivity index (χ1v) is 3.62. The lowest BCUT2D eigenvalue weighted by Crippen LogP contribution is -1.97. The minimum atomic E-state index is -1.46. The third kappa shape index (κ3) is 7.48. The fourth-order valence-corrected chi connectivity index (χ4v) is 0.627. The van der Waals surface area contributed by atoms with Gasteiger partial charge in [-0.2, -0.15) is 0 Å². The smallest absolute Gasteiger partial charge is 0.217 e. The molecule has 0 aromatic rings. The third-order valence-electron chi connectivity index (χ3n) is 1.14. The van der Waals surface area contributed by atoms with E-state index in [9.17, 15) is 0 Å². The van der Waals surface area contributed by atoms with Crippen molar-refractivity contribution in [2.24, 2.45) is 0 Å². The lowest BCUT2D eigenvalue weighted by Gasteiger charge is -1.89. The van der Waals surface area contributed by atoms with Crippen LogP contribution in [0.1, 0.15) is 32.6 Å². The van der Waals surface area contributed by atoms with E-state index in [0.29, 0.717) is 0 Å². The monoisotopic (exact) mass is 142 g/mol. The molecule has 0 aromatic heterocycles. The largest absolute Gasteiger partial charge is 0.358 e. The van der Waals surface area contributed by atoms with Crippen molar-refractivity contribution < 1.29 is 10.2 Å².